The van der Waals surface area contributed by atoms with Crippen LogP contribution in [0.1, 0.15) is 6.92 Å². The highest BCUT2D eigenvalue weighted by Gasteiger charge is 2.14. The molecule has 0 heterocycles. The number of halogens is 3. The van der Waals surface area contributed by atoms with E-state index in [1.807, 2.05) is 24.3 Å². The fourth-order valence-electron chi connectivity index (χ4n) is 1.73. The predicted molar refractivity (Wildman–Crippen MR) is 92.3 cm³/mol. The Morgan fingerprint density at radius 1 is 1.29 bits per heavy atom. The normalized spacial score (nSPS) is 11.8. The van der Waals surface area contributed by atoms with Crippen molar-refractivity contribution in [2.75, 3.05) is 10.6 Å². The minimum absolute atomic E-state index is 0.171. The first-order valence-corrected chi connectivity index (χ1v) is 7.69. The molecule has 1 amide bonds. The number of carbonyl (C=O) groups excluding carboxylic acids is 1. The van der Waals surface area contributed by atoms with Crippen molar-refractivity contribution in [2.24, 2.45) is 0 Å². The van der Waals surface area contributed by atoms with Crippen LogP contribution in [0.5, 0.6) is 0 Å². The Kier molecular flexibility index (Phi) is 5.41. The number of rotatable bonds is 4. The van der Waals surface area contributed by atoms with Crippen LogP contribution < -0.4 is 10.6 Å². The summed E-state index contributed by atoms with van der Waals surface area (Å²) in [6, 6.07) is 11.1. The van der Waals surface area contributed by atoms with Gasteiger partial charge in [-0.05, 0) is 65.9 Å². The third kappa shape index (κ3) is 4.57. The lowest BCUT2D eigenvalue weighted by molar-refractivity contribution is -0.116. The van der Waals surface area contributed by atoms with Gasteiger partial charge in [-0.1, -0.05) is 17.7 Å². The van der Waals surface area contributed by atoms with E-state index in [1.54, 1.807) is 6.92 Å². The van der Waals surface area contributed by atoms with E-state index in [9.17, 15) is 9.18 Å². The fraction of sp³-hybridized carbons (Fsp3) is 0.133. The molecular formula is C15H13ClFIN2O. The van der Waals surface area contributed by atoms with E-state index >= 15 is 0 Å². The van der Waals surface area contributed by atoms with Gasteiger partial charge < -0.3 is 10.6 Å². The molecule has 110 valence electrons. The first-order valence-electron chi connectivity index (χ1n) is 6.24. The lowest BCUT2D eigenvalue weighted by Gasteiger charge is -2.16. The smallest absolute Gasteiger partial charge is 0.246 e. The van der Waals surface area contributed by atoms with Crippen LogP contribution in [0.3, 0.4) is 0 Å². The molecule has 2 aromatic carbocycles. The SMILES string of the molecule is CC(Nc1cccc(I)c1)C(=O)Nc1ccc(F)cc1Cl. The van der Waals surface area contributed by atoms with Crippen LogP contribution in [0.2, 0.25) is 5.02 Å². The average Bonchev–Trinajstić information content (AvgIpc) is 2.41. The van der Waals surface area contributed by atoms with Crippen molar-refractivity contribution < 1.29 is 9.18 Å². The van der Waals surface area contributed by atoms with Gasteiger partial charge >= 0.3 is 0 Å². The second kappa shape index (κ2) is 7.09. The summed E-state index contributed by atoms with van der Waals surface area (Å²) >= 11 is 8.09. The zero-order valence-electron chi connectivity index (χ0n) is 11.2. The quantitative estimate of drug-likeness (QED) is 0.717. The van der Waals surface area contributed by atoms with Crippen LogP contribution in [0.4, 0.5) is 15.8 Å². The highest BCUT2D eigenvalue weighted by atomic mass is 127. The van der Waals surface area contributed by atoms with Crippen LogP contribution >= 0.6 is 34.2 Å². The summed E-state index contributed by atoms with van der Waals surface area (Å²) in [5.74, 6) is -0.689. The van der Waals surface area contributed by atoms with Gasteiger partial charge in [-0.3, -0.25) is 4.79 Å². The maximum atomic E-state index is 13.0. The zero-order valence-corrected chi connectivity index (χ0v) is 14.1. The third-order valence-electron chi connectivity index (χ3n) is 2.79. The van der Waals surface area contributed by atoms with Crippen molar-refractivity contribution in [3.8, 4) is 0 Å². The minimum atomic E-state index is -0.454. The van der Waals surface area contributed by atoms with E-state index in [1.165, 1.54) is 12.1 Å². The molecule has 0 aliphatic rings. The first-order chi connectivity index (χ1) is 9.95. The number of amides is 1. The molecule has 0 fully saturated rings. The van der Waals surface area contributed by atoms with E-state index in [-0.39, 0.29) is 10.9 Å². The molecule has 0 spiro atoms. The topological polar surface area (TPSA) is 41.1 Å². The van der Waals surface area contributed by atoms with Crippen molar-refractivity contribution in [3.05, 3.63) is 56.9 Å². The predicted octanol–water partition coefficient (Wildman–Crippen LogP) is 4.52. The molecule has 0 radical (unpaired) electrons. The molecule has 3 nitrogen and oxygen atoms in total. The number of hydrogen-bond donors (Lipinski definition) is 2. The fourth-order valence-corrected chi connectivity index (χ4v) is 2.48. The Bertz CT molecular complexity index is 666. The first kappa shape index (κ1) is 16.0. The molecule has 0 aliphatic carbocycles. The standard InChI is InChI=1S/C15H13ClFIN2O/c1-9(19-12-4-2-3-11(18)8-12)15(21)20-14-6-5-10(17)7-13(14)16/h2-9,19H,1H3,(H,20,21). The Labute approximate surface area is 141 Å². The molecule has 2 N–H and O–H groups in total. The Balaban J connectivity index is 2.02. The Morgan fingerprint density at radius 3 is 2.71 bits per heavy atom. The summed E-state index contributed by atoms with van der Waals surface area (Å²) in [6.07, 6.45) is 0. The van der Waals surface area contributed by atoms with Gasteiger partial charge in [-0.2, -0.15) is 0 Å². The van der Waals surface area contributed by atoms with Crippen LogP contribution in [0, 0.1) is 9.39 Å². The summed E-state index contributed by atoms with van der Waals surface area (Å²) in [5.41, 5.74) is 1.24. The molecular weight excluding hydrogens is 406 g/mol. The summed E-state index contributed by atoms with van der Waals surface area (Å²) in [4.78, 5) is 12.1. The molecule has 6 heteroatoms. The summed E-state index contributed by atoms with van der Waals surface area (Å²) in [7, 11) is 0. The number of benzene rings is 2. The summed E-state index contributed by atoms with van der Waals surface area (Å²) < 4.78 is 14.0. The molecule has 1 unspecified atom stereocenters. The lowest BCUT2D eigenvalue weighted by Crippen LogP contribution is -2.32. The molecule has 1 atom stereocenters. The molecule has 21 heavy (non-hydrogen) atoms. The molecule has 0 aliphatic heterocycles. The Hall–Kier alpha value is -1.34. The highest BCUT2D eigenvalue weighted by Crippen LogP contribution is 2.22. The lowest BCUT2D eigenvalue weighted by atomic mass is 10.2. The molecule has 0 saturated heterocycles. The highest BCUT2D eigenvalue weighted by molar-refractivity contribution is 14.1. The number of hydrogen-bond acceptors (Lipinski definition) is 2. The largest absolute Gasteiger partial charge is 0.374 e. The molecule has 0 bridgehead atoms. The molecule has 0 saturated carbocycles. The molecule has 2 aromatic rings. The second-order valence-electron chi connectivity index (χ2n) is 4.49. The monoisotopic (exact) mass is 418 g/mol. The van der Waals surface area contributed by atoms with E-state index in [0.29, 0.717) is 5.69 Å². The van der Waals surface area contributed by atoms with Crippen LogP contribution in [-0.2, 0) is 4.79 Å². The maximum absolute atomic E-state index is 13.0. The Morgan fingerprint density at radius 2 is 2.05 bits per heavy atom. The second-order valence-corrected chi connectivity index (χ2v) is 6.14. The van der Waals surface area contributed by atoms with E-state index < -0.39 is 11.9 Å². The van der Waals surface area contributed by atoms with Gasteiger partial charge in [0.2, 0.25) is 5.91 Å². The number of anilines is 2. The van der Waals surface area contributed by atoms with Crippen LogP contribution in [0.25, 0.3) is 0 Å². The van der Waals surface area contributed by atoms with Crippen molar-refractivity contribution in [2.45, 2.75) is 13.0 Å². The van der Waals surface area contributed by atoms with Crippen molar-refractivity contribution in [3.63, 3.8) is 0 Å². The van der Waals surface area contributed by atoms with Crippen molar-refractivity contribution in [1.82, 2.24) is 0 Å². The van der Waals surface area contributed by atoms with E-state index in [4.69, 9.17) is 11.6 Å². The number of nitrogens with one attached hydrogen (secondary N) is 2. The summed E-state index contributed by atoms with van der Waals surface area (Å²) in [6.45, 7) is 1.74. The zero-order chi connectivity index (χ0) is 15.4. The average molecular weight is 419 g/mol. The summed E-state index contributed by atoms with van der Waals surface area (Å²) in [5, 5.41) is 5.94. The maximum Gasteiger partial charge on any atom is 0.246 e. The van der Waals surface area contributed by atoms with Gasteiger partial charge in [-0.15, -0.1) is 0 Å². The van der Waals surface area contributed by atoms with Gasteiger partial charge in [0.15, 0.2) is 0 Å². The third-order valence-corrected chi connectivity index (χ3v) is 3.77. The van der Waals surface area contributed by atoms with Crippen LogP contribution in [0.15, 0.2) is 42.5 Å². The van der Waals surface area contributed by atoms with Crippen molar-refractivity contribution >= 4 is 51.5 Å². The number of carbonyl (C=O) groups is 1. The van der Waals surface area contributed by atoms with Gasteiger partial charge in [0.05, 0.1) is 10.7 Å². The van der Waals surface area contributed by atoms with Gasteiger partial charge in [0.1, 0.15) is 11.9 Å². The van der Waals surface area contributed by atoms with Crippen LogP contribution in [-0.4, -0.2) is 11.9 Å². The van der Waals surface area contributed by atoms with Gasteiger partial charge in [-0.25, -0.2) is 4.39 Å². The van der Waals surface area contributed by atoms with Crippen molar-refractivity contribution in [1.29, 1.82) is 0 Å². The van der Waals surface area contributed by atoms with Gasteiger partial charge in [0, 0.05) is 9.26 Å². The van der Waals surface area contributed by atoms with E-state index in [2.05, 4.69) is 33.2 Å². The minimum Gasteiger partial charge on any atom is -0.374 e. The van der Waals surface area contributed by atoms with E-state index in [0.717, 1.165) is 15.3 Å². The van der Waals surface area contributed by atoms with Gasteiger partial charge in [0.25, 0.3) is 0 Å². The molecule has 2 rings (SSSR count). The molecule has 0 aromatic heterocycles.